The molecule has 0 aliphatic rings. The summed E-state index contributed by atoms with van der Waals surface area (Å²) in [6, 6.07) is 20.6. The summed E-state index contributed by atoms with van der Waals surface area (Å²) >= 11 is 0. The topological polar surface area (TPSA) is 29.5 Å². The van der Waals surface area contributed by atoms with Crippen LogP contribution in [0.25, 0.3) is 0 Å². The van der Waals surface area contributed by atoms with Crippen molar-refractivity contribution in [1.82, 2.24) is 0 Å². The molecular formula is C21H26O2. The molecule has 2 atom stereocenters. The number of aliphatic hydroxyl groups is 1. The van der Waals surface area contributed by atoms with Gasteiger partial charge in [0.25, 0.3) is 0 Å². The molecule has 0 aromatic heterocycles. The first-order valence-corrected chi connectivity index (χ1v) is 8.26. The molecule has 0 radical (unpaired) electrons. The number of hydrogen-bond acceptors (Lipinski definition) is 2. The van der Waals surface area contributed by atoms with Crippen molar-refractivity contribution in [3.63, 3.8) is 0 Å². The fourth-order valence-electron chi connectivity index (χ4n) is 2.62. The normalized spacial score (nSPS) is 13.4. The summed E-state index contributed by atoms with van der Waals surface area (Å²) in [4.78, 5) is 0. The van der Waals surface area contributed by atoms with Gasteiger partial charge in [0.1, 0.15) is 0 Å². The molecule has 0 heterocycles. The number of aliphatic hydroxyl groups excluding tert-OH is 1. The van der Waals surface area contributed by atoms with Gasteiger partial charge < -0.3 is 9.84 Å². The average Bonchev–Trinajstić information content (AvgIpc) is 2.59. The van der Waals surface area contributed by atoms with Crippen molar-refractivity contribution < 1.29 is 9.84 Å². The zero-order chi connectivity index (χ0) is 16.3. The largest absolute Gasteiger partial charge is 0.393 e. The quantitative estimate of drug-likeness (QED) is 0.653. The van der Waals surface area contributed by atoms with Crippen LogP contribution in [0.5, 0.6) is 0 Å². The minimum absolute atomic E-state index is 0.0466. The highest BCUT2D eigenvalue weighted by atomic mass is 16.5. The van der Waals surface area contributed by atoms with E-state index in [1.54, 1.807) is 6.08 Å². The van der Waals surface area contributed by atoms with Gasteiger partial charge in [0, 0.05) is 0 Å². The second-order valence-electron chi connectivity index (χ2n) is 5.86. The second-order valence-corrected chi connectivity index (χ2v) is 5.86. The Balaban J connectivity index is 1.89. The predicted molar refractivity (Wildman–Crippen MR) is 95.2 cm³/mol. The van der Waals surface area contributed by atoms with Crippen LogP contribution in [0.3, 0.4) is 0 Å². The van der Waals surface area contributed by atoms with Gasteiger partial charge in [-0.15, -0.1) is 6.58 Å². The maximum Gasteiger partial charge on any atom is 0.0720 e. The third kappa shape index (κ3) is 6.81. The molecule has 2 nitrogen and oxygen atoms in total. The van der Waals surface area contributed by atoms with Gasteiger partial charge in [-0.3, -0.25) is 0 Å². The fourth-order valence-corrected chi connectivity index (χ4v) is 2.62. The van der Waals surface area contributed by atoms with Crippen LogP contribution in [0.2, 0.25) is 0 Å². The van der Waals surface area contributed by atoms with E-state index in [4.69, 9.17) is 4.74 Å². The lowest BCUT2D eigenvalue weighted by molar-refractivity contribution is 0.000320. The van der Waals surface area contributed by atoms with E-state index in [9.17, 15) is 5.11 Å². The van der Waals surface area contributed by atoms with E-state index in [2.05, 4.69) is 43.0 Å². The Morgan fingerprint density at radius 1 is 0.957 bits per heavy atom. The van der Waals surface area contributed by atoms with Gasteiger partial charge in [0.05, 0.1) is 18.8 Å². The molecule has 0 amide bonds. The van der Waals surface area contributed by atoms with Crippen molar-refractivity contribution in [2.24, 2.45) is 0 Å². The third-order valence-electron chi connectivity index (χ3n) is 3.90. The predicted octanol–water partition coefficient (Wildman–Crippen LogP) is 4.53. The van der Waals surface area contributed by atoms with Crippen molar-refractivity contribution in [3.8, 4) is 0 Å². The van der Waals surface area contributed by atoms with Gasteiger partial charge in [0.15, 0.2) is 0 Å². The van der Waals surface area contributed by atoms with Gasteiger partial charge >= 0.3 is 0 Å². The van der Waals surface area contributed by atoms with E-state index in [-0.39, 0.29) is 12.2 Å². The van der Waals surface area contributed by atoms with E-state index in [1.807, 2.05) is 24.3 Å². The molecule has 0 saturated carbocycles. The first kappa shape index (κ1) is 17.5. The van der Waals surface area contributed by atoms with Gasteiger partial charge in [-0.2, -0.15) is 0 Å². The number of benzene rings is 2. The molecular weight excluding hydrogens is 284 g/mol. The summed E-state index contributed by atoms with van der Waals surface area (Å²) in [5, 5.41) is 10.1. The summed E-state index contributed by atoms with van der Waals surface area (Å²) < 4.78 is 6.07. The van der Waals surface area contributed by atoms with Crippen LogP contribution in [-0.2, 0) is 17.8 Å². The standard InChI is InChI=1S/C21H26O2/c1-2-9-20(22)16-21(15-14-18-10-5-3-6-11-18)23-17-19-12-7-4-8-13-19/h2-8,10-13,20-22H,1,9,14-17H2/t20-,21+/m0/s1. The van der Waals surface area contributed by atoms with Gasteiger partial charge in [-0.1, -0.05) is 66.7 Å². The average molecular weight is 310 g/mol. The Labute approximate surface area is 139 Å². The van der Waals surface area contributed by atoms with Crippen LogP contribution in [0.15, 0.2) is 73.3 Å². The molecule has 23 heavy (non-hydrogen) atoms. The van der Waals surface area contributed by atoms with Crippen molar-refractivity contribution in [3.05, 3.63) is 84.4 Å². The molecule has 0 unspecified atom stereocenters. The Kier molecular flexibility index (Phi) is 7.58. The third-order valence-corrected chi connectivity index (χ3v) is 3.90. The van der Waals surface area contributed by atoms with Crippen LogP contribution in [0.1, 0.15) is 30.4 Å². The van der Waals surface area contributed by atoms with Crippen LogP contribution in [-0.4, -0.2) is 17.3 Å². The number of ether oxygens (including phenoxy) is 1. The molecule has 2 aromatic carbocycles. The first-order chi connectivity index (χ1) is 11.3. The van der Waals surface area contributed by atoms with E-state index in [0.717, 1.165) is 18.4 Å². The van der Waals surface area contributed by atoms with E-state index < -0.39 is 0 Å². The van der Waals surface area contributed by atoms with Crippen LogP contribution >= 0.6 is 0 Å². The summed E-state index contributed by atoms with van der Waals surface area (Å²) in [5.41, 5.74) is 2.47. The molecule has 122 valence electrons. The summed E-state index contributed by atoms with van der Waals surface area (Å²) in [6.45, 7) is 4.28. The highest BCUT2D eigenvalue weighted by Gasteiger charge is 2.15. The van der Waals surface area contributed by atoms with Crippen molar-refractivity contribution in [2.45, 2.75) is 44.5 Å². The molecule has 2 aromatic rings. The molecule has 1 N–H and O–H groups in total. The smallest absolute Gasteiger partial charge is 0.0720 e. The van der Waals surface area contributed by atoms with Crippen LogP contribution in [0, 0.1) is 0 Å². The highest BCUT2D eigenvalue weighted by Crippen LogP contribution is 2.16. The van der Waals surface area contributed by atoms with Gasteiger partial charge in [-0.05, 0) is 36.8 Å². The Bertz CT molecular complexity index is 507. The number of aryl methyl sites for hydroxylation is 1. The van der Waals surface area contributed by atoms with E-state index >= 15 is 0 Å². The van der Waals surface area contributed by atoms with Gasteiger partial charge in [-0.25, -0.2) is 0 Å². The zero-order valence-electron chi connectivity index (χ0n) is 13.6. The Morgan fingerprint density at radius 3 is 2.17 bits per heavy atom. The van der Waals surface area contributed by atoms with Crippen molar-refractivity contribution >= 4 is 0 Å². The summed E-state index contributed by atoms with van der Waals surface area (Å²) in [7, 11) is 0. The van der Waals surface area contributed by atoms with Crippen LogP contribution < -0.4 is 0 Å². The SMILES string of the molecule is C=CC[C@H](O)C[C@@H](CCc1ccccc1)OCc1ccccc1. The first-order valence-electron chi connectivity index (χ1n) is 8.26. The Morgan fingerprint density at radius 2 is 1.57 bits per heavy atom. The monoisotopic (exact) mass is 310 g/mol. The summed E-state index contributed by atoms with van der Waals surface area (Å²) in [5.74, 6) is 0. The number of hydrogen-bond donors (Lipinski definition) is 1. The lowest BCUT2D eigenvalue weighted by Gasteiger charge is -2.21. The minimum Gasteiger partial charge on any atom is -0.393 e. The number of rotatable bonds is 10. The molecule has 2 heteroatoms. The zero-order valence-corrected chi connectivity index (χ0v) is 13.6. The lowest BCUT2D eigenvalue weighted by Crippen LogP contribution is -2.21. The molecule has 2 rings (SSSR count). The Hall–Kier alpha value is -1.90. The molecule has 0 saturated heterocycles. The highest BCUT2D eigenvalue weighted by molar-refractivity contribution is 5.15. The maximum atomic E-state index is 10.1. The molecule has 0 aliphatic heterocycles. The molecule has 0 fully saturated rings. The maximum absolute atomic E-state index is 10.1. The van der Waals surface area contributed by atoms with E-state index in [1.165, 1.54) is 5.56 Å². The molecule has 0 bridgehead atoms. The van der Waals surface area contributed by atoms with Crippen molar-refractivity contribution in [2.75, 3.05) is 0 Å². The summed E-state index contributed by atoms with van der Waals surface area (Å²) in [6.07, 6.45) is 4.54. The molecule has 0 spiro atoms. The van der Waals surface area contributed by atoms with Crippen LogP contribution in [0.4, 0.5) is 0 Å². The second kappa shape index (κ2) is 9.98. The van der Waals surface area contributed by atoms with Gasteiger partial charge in [0.2, 0.25) is 0 Å². The van der Waals surface area contributed by atoms with E-state index in [0.29, 0.717) is 19.4 Å². The van der Waals surface area contributed by atoms with Crippen molar-refractivity contribution in [1.29, 1.82) is 0 Å². The lowest BCUT2D eigenvalue weighted by atomic mass is 10.0. The molecule has 0 aliphatic carbocycles. The fraction of sp³-hybridized carbons (Fsp3) is 0.333. The minimum atomic E-state index is -0.385.